The Morgan fingerprint density at radius 2 is 0.873 bits per heavy atom. The zero-order valence-electron chi connectivity index (χ0n) is 49.1. The van der Waals surface area contributed by atoms with E-state index in [0.717, 1.165) is 103 Å². The number of amides is 1. The lowest BCUT2D eigenvalue weighted by atomic mass is 9.97. The summed E-state index contributed by atoms with van der Waals surface area (Å²) in [6.45, 7) is 2.74. The van der Waals surface area contributed by atoms with Gasteiger partial charge < -0.3 is 65.1 Å². The normalized spacial score (nSPS) is 25.0. The van der Waals surface area contributed by atoms with Crippen LogP contribution in [0.1, 0.15) is 226 Å². The van der Waals surface area contributed by atoms with Crippen molar-refractivity contribution in [2.75, 3.05) is 19.8 Å². The van der Waals surface area contributed by atoms with Crippen molar-refractivity contribution < 1.29 is 64.6 Å². The minimum Gasteiger partial charge on any atom is -0.394 e. The highest BCUT2D eigenvalue weighted by molar-refractivity contribution is 5.76. The van der Waals surface area contributed by atoms with Crippen molar-refractivity contribution in [2.24, 2.45) is 0 Å². The molecule has 0 spiro atoms. The average molecular weight is 1120 g/mol. The zero-order valence-corrected chi connectivity index (χ0v) is 49.1. The van der Waals surface area contributed by atoms with Crippen LogP contribution in [0, 0.1) is 0 Å². The van der Waals surface area contributed by atoms with Gasteiger partial charge in [0.05, 0.1) is 32.0 Å². The van der Waals surface area contributed by atoms with Gasteiger partial charge in [-0.15, -0.1) is 0 Å². The molecule has 0 aromatic heterocycles. The van der Waals surface area contributed by atoms with Gasteiger partial charge in [0.15, 0.2) is 12.6 Å². The van der Waals surface area contributed by atoms with E-state index in [4.69, 9.17) is 18.9 Å². The van der Waals surface area contributed by atoms with Crippen LogP contribution in [0.25, 0.3) is 0 Å². The maximum Gasteiger partial charge on any atom is 0.220 e. The van der Waals surface area contributed by atoms with Crippen LogP contribution in [0.15, 0.2) is 85.1 Å². The van der Waals surface area contributed by atoms with E-state index in [0.29, 0.717) is 12.8 Å². The van der Waals surface area contributed by atoms with Crippen molar-refractivity contribution in [3.05, 3.63) is 85.1 Å². The number of hydrogen-bond donors (Lipinski definition) is 9. The number of carbonyl (C=O) groups is 1. The second-order valence-electron chi connectivity index (χ2n) is 21.8. The summed E-state index contributed by atoms with van der Waals surface area (Å²) in [7, 11) is 0. The van der Waals surface area contributed by atoms with Crippen molar-refractivity contribution in [3.63, 3.8) is 0 Å². The molecule has 14 heteroatoms. The van der Waals surface area contributed by atoms with Gasteiger partial charge in [0.2, 0.25) is 5.91 Å². The van der Waals surface area contributed by atoms with Crippen molar-refractivity contribution >= 4 is 5.91 Å². The highest BCUT2D eigenvalue weighted by Gasteiger charge is 2.51. The first-order chi connectivity index (χ1) is 38.6. The summed E-state index contributed by atoms with van der Waals surface area (Å²) in [6, 6.07) is -0.846. The summed E-state index contributed by atoms with van der Waals surface area (Å²) >= 11 is 0. The molecule has 0 aromatic carbocycles. The molecule has 2 saturated heterocycles. The molecular weight excluding hydrogens is 1000 g/mol. The van der Waals surface area contributed by atoms with Gasteiger partial charge in [-0.05, 0) is 70.6 Å². The molecule has 12 atom stereocenters. The number of carbonyl (C=O) groups excluding carboxylic acids is 1. The largest absolute Gasteiger partial charge is 0.394 e. The van der Waals surface area contributed by atoms with Crippen LogP contribution in [-0.4, -0.2) is 140 Å². The molecule has 1 amide bonds. The van der Waals surface area contributed by atoms with Crippen molar-refractivity contribution in [3.8, 4) is 0 Å². The molecule has 79 heavy (non-hydrogen) atoms. The van der Waals surface area contributed by atoms with E-state index in [1.165, 1.54) is 89.9 Å². The molecule has 0 radical (unpaired) electrons. The second-order valence-corrected chi connectivity index (χ2v) is 21.8. The molecule has 2 fully saturated rings. The lowest BCUT2D eigenvalue weighted by Crippen LogP contribution is -2.65. The van der Waals surface area contributed by atoms with Gasteiger partial charge in [-0.1, -0.05) is 234 Å². The summed E-state index contributed by atoms with van der Waals surface area (Å²) in [5.74, 6) is -0.228. The first-order valence-electron chi connectivity index (χ1n) is 31.3. The molecule has 9 N–H and O–H groups in total. The molecular formula is C65H113NO13. The third-order valence-corrected chi connectivity index (χ3v) is 14.9. The molecule has 2 rings (SSSR count). The van der Waals surface area contributed by atoms with Gasteiger partial charge in [0.25, 0.3) is 0 Å². The molecule has 0 aliphatic carbocycles. The Hall–Kier alpha value is -2.83. The lowest BCUT2D eigenvalue weighted by molar-refractivity contribution is -0.359. The van der Waals surface area contributed by atoms with E-state index in [2.05, 4.69) is 104 Å². The van der Waals surface area contributed by atoms with Crippen molar-refractivity contribution in [2.45, 2.75) is 299 Å². The number of rotatable bonds is 49. The van der Waals surface area contributed by atoms with Crippen molar-refractivity contribution in [1.29, 1.82) is 0 Å². The molecule has 14 nitrogen and oxygen atoms in total. The van der Waals surface area contributed by atoms with Crippen LogP contribution in [0.2, 0.25) is 0 Å². The number of aliphatic hydroxyl groups excluding tert-OH is 8. The number of allylic oxidation sites excluding steroid dienone is 14. The second kappa shape index (κ2) is 49.8. The molecule has 2 heterocycles. The molecule has 0 saturated carbocycles. The third-order valence-electron chi connectivity index (χ3n) is 14.9. The molecule has 0 aromatic rings. The Kier molecular flexibility index (Phi) is 45.5. The van der Waals surface area contributed by atoms with Crippen LogP contribution in [0.3, 0.4) is 0 Å². The fourth-order valence-corrected chi connectivity index (χ4v) is 9.86. The summed E-state index contributed by atoms with van der Waals surface area (Å²) in [6.07, 6.45) is 50.0. The number of aliphatic hydroxyl groups is 8. The maximum absolute atomic E-state index is 13.3. The molecule has 12 unspecified atom stereocenters. The Morgan fingerprint density at radius 3 is 1.34 bits per heavy atom. The Labute approximate surface area is 478 Å². The summed E-state index contributed by atoms with van der Waals surface area (Å²) in [4.78, 5) is 13.3. The Bertz CT molecular complexity index is 1650. The quantitative estimate of drug-likeness (QED) is 0.0204. The summed E-state index contributed by atoms with van der Waals surface area (Å²) in [5, 5.41) is 87.4. The van der Waals surface area contributed by atoms with E-state index in [9.17, 15) is 45.6 Å². The SMILES string of the molecule is CC/C=C\C/C=C\C/C=C\C/C=C\C/C=C\C/C=C\C/C=C\CCCCCCCC(=O)NC(COC1OC(CO)C(OC2OC(CO)C(O)C(O)C2O)C(O)C1O)C(O)CCCCCCCCCCCCCCCCCCCC. The van der Waals surface area contributed by atoms with Crippen LogP contribution in [-0.2, 0) is 23.7 Å². The van der Waals surface area contributed by atoms with Crippen molar-refractivity contribution in [1.82, 2.24) is 5.32 Å². The predicted molar refractivity (Wildman–Crippen MR) is 318 cm³/mol. The molecule has 2 aliphatic rings. The Morgan fingerprint density at radius 1 is 0.468 bits per heavy atom. The first kappa shape index (κ1) is 72.3. The first-order valence-corrected chi connectivity index (χ1v) is 31.3. The minimum atomic E-state index is -1.79. The van der Waals surface area contributed by atoms with Crippen LogP contribution in [0.5, 0.6) is 0 Å². The number of ether oxygens (including phenoxy) is 4. The average Bonchev–Trinajstić information content (AvgIpc) is 3.46. The van der Waals surface area contributed by atoms with E-state index in [-0.39, 0.29) is 18.9 Å². The van der Waals surface area contributed by atoms with Gasteiger partial charge in [-0.3, -0.25) is 4.79 Å². The van der Waals surface area contributed by atoms with E-state index in [1.807, 2.05) is 0 Å². The third kappa shape index (κ3) is 35.0. The van der Waals surface area contributed by atoms with Crippen LogP contribution < -0.4 is 5.32 Å². The number of hydrogen-bond acceptors (Lipinski definition) is 13. The van der Waals surface area contributed by atoms with Gasteiger partial charge in [-0.2, -0.15) is 0 Å². The molecule has 2 aliphatic heterocycles. The topological polar surface area (TPSA) is 228 Å². The van der Waals surface area contributed by atoms with E-state index < -0.39 is 86.8 Å². The predicted octanol–water partition coefficient (Wildman–Crippen LogP) is 11.3. The van der Waals surface area contributed by atoms with Gasteiger partial charge in [-0.25, -0.2) is 0 Å². The van der Waals surface area contributed by atoms with Crippen LogP contribution >= 0.6 is 0 Å². The number of nitrogens with one attached hydrogen (secondary N) is 1. The van der Waals surface area contributed by atoms with Crippen LogP contribution in [0.4, 0.5) is 0 Å². The smallest absolute Gasteiger partial charge is 0.220 e. The monoisotopic (exact) mass is 1120 g/mol. The van der Waals surface area contributed by atoms with Gasteiger partial charge >= 0.3 is 0 Å². The highest BCUT2D eigenvalue weighted by Crippen LogP contribution is 2.30. The number of unbranched alkanes of at least 4 members (excludes halogenated alkanes) is 22. The van der Waals surface area contributed by atoms with E-state index >= 15 is 0 Å². The minimum absolute atomic E-state index is 0.228. The fourth-order valence-electron chi connectivity index (χ4n) is 9.86. The maximum atomic E-state index is 13.3. The zero-order chi connectivity index (χ0) is 57.4. The van der Waals surface area contributed by atoms with E-state index in [1.54, 1.807) is 0 Å². The molecule has 456 valence electrons. The van der Waals surface area contributed by atoms with Gasteiger partial charge in [0.1, 0.15) is 48.8 Å². The highest BCUT2D eigenvalue weighted by atomic mass is 16.7. The Balaban J connectivity index is 1.74. The standard InChI is InChI=1S/C65H113NO13/c1-3-5-7-9-11-13-15-17-19-21-23-24-25-26-27-28-29-30-31-33-35-37-39-41-43-45-47-49-57(70)66-53(54(69)48-46-44-42-40-38-36-34-32-22-20-18-16-14-12-10-8-6-4-2)52-76-64-62(75)60(73)63(56(51-68)78-64)79-65-61(74)59(72)58(71)55(50-67)77-65/h5,7,11,13,17,19,23-24,26-27,29-30,33,35,53-56,58-65,67-69,71-75H,3-4,6,8-10,12,14-16,18,20-22,25,28,31-32,34,36-52H2,1-2H3,(H,66,70)/b7-5-,13-11-,19-17-,24-23-,27-26-,30-29-,35-33-. The van der Waals surface area contributed by atoms with Gasteiger partial charge in [0, 0.05) is 6.42 Å². The fraction of sp³-hybridized carbons (Fsp3) is 0.769. The lowest BCUT2D eigenvalue weighted by Gasteiger charge is -2.46. The summed E-state index contributed by atoms with van der Waals surface area (Å²) in [5.41, 5.74) is 0. The molecule has 0 bridgehead atoms. The summed E-state index contributed by atoms with van der Waals surface area (Å²) < 4.78 is 22.8.